The van der Waals surface area contributed by atoms with Crippen LogP contribution in [0, 0.1) is 5.92 Å². The van der Waals surface area contributed by atoms with Gasteiger partial charge in [0.05, 0.1) is 0 Å². The van der Waals surface area contributed by atoms with Crippen molar-refractivity contribution in [1.82, 2.24) is 0 Å². The van der Waals surface area contributed by atoms with Gasteiger partial charge in [0, 0.05) is 0 Å². The number of hydrogen-bond acceptors (Lipinski definition) is 2. The van der Waals surface area contributed by atoms with Gasteiger partial charge >= 0.3 is 5.97 Å². The summed E-state index contributed by atoms with van der Waals surface area (Å²) >= 11 is 0. The van der Waals surface area contributed by atoms with Crippen LogP contribution in [0.15, 0.2) is 0 Å². The fourth-order valence-electron chi connectivity index (χ4n) is 2.07. The van der Waals surface area contributed by atoms with Crippen LogP contribution in [0.1, 0.15) is 32.6 Å². The topological polar surface area (TPSA) is 63.3 Å². The predicted octanol–water partition coefficient (Wildman–Crippen LogP) is 1.32. The van der Waals surface area contributed by atoms with Gasteiger partial charge in [-0.2, -0.15) is 0 Å². The number of halogens is 1. The first-order valence-corrected chi connectivity index (χ1v) is 4.66. The monoisotopic (exact) mass is 189 g/mol. The second kappa shape index (κ2) is 3.62. The average molecular weight is 189 g/mol. The van der Waals surface area contributed by atoms with Crippen LogP contribution >= 0.6 is 0 Å². The zero-order chi connectivity index (χ0) is 10.1. The second-order valence-electron chi connectivity index (χ2n) is 3.84. The van der Waals surface area contributed by atoms with Crippen molar-refractivity contribution in [1.29, 1.82) is 0 Å². The first-order chi connectivity index (χ1) is 5.99. The molecule has 0 bridgehead atoms. The van der Waals surface area contributed by atoms with Gasteiger partial charge in [0.1, 0.15) is 11.7 Å². The van der Waals surface area contributed by atoms with E-state index < -0.39 is 17.7 Å². The van der Waals surface area contributed by atoms with Crippen molar-refractivity contribution in [2.45, 2.75) is 44.3 Å². The highest BCUT2D eigenvalue weighted by Gasteiger charge is 2.48. The molecule has 2 unspecified atom stereocenters. The number of rotatable bonds is 3. The molecule has 4 heteroatoms. The third-order valence-corrected chi connectivity index (χ3v) is 3.06. The van der Waals surface area contributed by atoms with E-state index in [-0.39, 0.29) is 5.92 Å². The van der Waals surface area contributed by atoms with Gasteiger partial charge in [-0.05, 0) is 25.7 Å². The maximum atomic E-state index is 13.1. The van der Waals surface area contributed by atoms with E-state index in [0.717, 1.165) is 25.7 Å². The Bertz CT molecular complexity index is 202. The Morgan fingerprint density at radius 2 is 2.08 bits per heavy atom. The maximum absolute atomic E-state index is 13.1. The molecule has 0 radical (unpaired) electrons. The van der Waals surface area contributed by atoms with Crippen LogP contribution in [0.2, 0.25) is 0 Å². The second-order valence-corrected chi connectivity index (χ2v) is 3.84. The molecular formula is C9H16FNO2. The number of carbonyl (C=O) groups is 1. The fourth-order valence-corrected chi connectivity index (χ4v) is 2.07. The molecule has 0 spiro atoms. The van der Waals surface area contributed by atoms with Gasteiger partial charge in [-0.1, -0.05) is 12.8 Å². The first kappa shape index (κ1) is 10.4. The van der Waals surface area contributed by atoms with Gasteiger partial charge in [-0.15, -0.1) is 0 Å². The molecule has 0 aromatic heterocycles. The minimum Gasteiger partial charge on any atom is -0.480 e. The quantitative estimate of drug-likeness (QED) is 0.703. The van der Waals surface area contributed by atoms with Crippen molar-refractivity contribution in [3.8, 4) is 0 Å². The van der Waals surface area contributed by atoms with Crippen molar-refractivity contribution in [2.24, 2.45) is 11.7 Å². The molecule has 0 heterocycles. The molecule has 1 rings (SSSR count). The van der Waals surface area contributed by atoms with Gasteiger partial charge in [-0.3, -0.25) is 4.79 Å². The highest BCUT2D eigenvalue weighted by Crippen LogP contribution is 2.35. The van der Waals surface area contributed by atoms with Crippen molar-refractivity contribution in [2.75, 3.05) is 0 Å². The van der Waals surface area contributed by atoms with E-state index in [0.29, 0.717) is 0 Å². The summed E-state index contributed by atoms with van der Waals surface area (Å²) < 4.78 is 13.1. The van der Waals surface area contributed by atoms with Gasteiger partial charge < -0.3 is 10.8 Å². The number of nitrogens with two attached hydrogens (primary N) is 1. The SMILES string of the molecule is CC(F)C(N)(C(=O)O)C1CCCC1. The molecule has 0 aromatic carbocycles. The summed E-state index contributed by atoms with van der Waals surface area (Å²) in [5, 5.41) is 8.90. The van der Waals surface area contributed by atoms with E-state index in [9.17, 15) is 9.18 Å². The Balaban J connectivity index is 2.82. The normalized spacial score (nSPS) is 25.5. The molecule has 2 atom stereocenters. The lowest BCUT2D eigenvalue weighted by Crippen LogP contribution is -2.59. The highest BCUT2D eigenvalue weighted by molar-refractivity contribution is 5.79. The van der Waals surface area contributed by atoms with Gasteiger partial charge in [0.25, 0.3) is 0 Å². The summed E-state index contributed by atoms with van der Waals surface area (Å²) in [5.41, 5.74) is 3.94. The standard InChI is InChI=1S/C9H16FNO2/c1-6(10)9(11,8(12)13)7-4-2-3-5-7/h6-7H,2-5,11H2,1H3,(H,12,13). The maximum Gasteiger partial charge on any atom is 0.327 e. The molecule has 1 fully saturated rings. The minimum absolute atomic E-state index is 0.204. The lowest BCUT2D eigenvalue weighted by atomic mass is 9.80. The van der Waals surface area contributed by atoms with Crippen LogP contribution in [0.3, 0.4) is 0 Å². The highest BCUT2D eigenvalue weighted by atomic mass is 19.1. The van der Waals surface area contributed by atoms with E-state index in [4.69, 9.17) is 10.8 Å². The van der Waals surface area contributed by atoms with E-state index in [1.54, 1.807) is 0 Å². The summed E-state index contributed by atoms with van der Waals surface area (Å²) in [6.07, 6.45) is 1.90. The van der Waals surface area contributed by atoms with Crippen molar-refractivity contribution < 1.29 is 14.3 Å². The summed E-state index contributed by atoms with van der Waals surface area (Å²) in [7, 11) is 0. The summed E-state index contributed by atoms with van der Waals surface area (Å²) in [6, 6.07) is 0. The number of aliphatic carboxylic acids is 1. The molecule has 0 aromatic rings. The summed E-state index contributed by atoms with van der Waals surface area (Å²) in [6.45, 7) is 1.23. The molecule has 1 saturated carbocycles. The van der Waals surface area contributed by atoms with E-state index in [1.165, 1.54) is 6.92 Å². The number of hydrogen-bond donors (Lipinski definition) is 2. The Morgan fingerprint density at radius 1 is 1.62 bits per heavy atom. The molecule has 3 nitrogen and oxygen atoms in total. The summed E-state index contributed by atoms with van der Waals surface area (Å²) in [5.74, 6) is -1.42. The zero-order valence-electron chi connectivity index (χ0n) is 7.79. The van der Waals surface area contributed by atoms with Crippen molar-refractivity contribution in [3.05, 3.63) is 0 Å². The molecule has 0 saturated heterocycles. The molecule has 1 aliphatic rings. The fraction of sp³-hybridized carbons (Fsp3) is 0.889. The van der Waals surface area contributed by atoms with Crippen LogP contribution in [0.5, 0.6) is 0 Å². The third-order valence-electron chi connectivity index (χ3n) is 3.06. The molecular weight excluding hydrogens is 173 g/mol. The number of carboxylic acid groups (broad SMARTS) is 1. The van der Waals surface area contributed by atoms with E-state index in [2.05, 4.69) is 0 Å². The predicted molar refractivity (Wildman–Crippen MR) is 47.1 cm³/mol. The molecule has 76 valence electrons. The van der Waals surface area contributed by atoms with Crippen LogP contribution in [0.4, 0.5) is 4.39 Å². The molecule has 0 aliphatic heterocycles. The van der Waals surface area contributed by atoms with Crippen LogP contribution in [0.25, 0.3) is 0 Å². The zero-order valence-corrected chi connectivity index (χ0v) is 7.79. The smallest absolute Gasteiger partial charge is 0.327 e. The number of carboxylic acids is 1. The van der Waals surface area contributed by atoms with Crippen molar-refractivity contribution in [3.63, 3.8) is 0 Å². The van der Waals surface area contributed by atoms with Crippen LogP contribution in [-0.4, -0.2) is 22.8 Å². The van der Waals surface area contributed by atoms with E-state index >= 15 is 0 Å². The molecule has 1 aliphatic carbocycles. The average Bonchev–Trinajstić information content (AvgIpc) is 2.54. The largest absolute Gasteiger partial charge is 0.480 e. The van der Waals surface area contributed by atoms with Gasteiger partial charge in [0.2, 0.25) is 0 Å². The summed E-state index contributed by atoms with van der Waals surface area (Å²) in [4.78, 5) is 10.9. The molecule has 0 amide bonds. The van der Waals surface area contributed by atoms with Crippen LogP contribution in [-0.2, 0) is 4.79 Å². The number of alkyl halides is 1. The lowest BCUT2D eigenvalue weighted by Gasteiger charge is -2.32. The Morgan fingerprint density at radius 3 is 2.38 bits per heavy atom. The Labute approximate surface area is 77.1 Å². The third kappa shape index (κ3) is 1.68. The minimum atomic E-state index is -1.67. The first-order valence-electron chi connectivity index (χ1n) is 4.66. The lowest BCUT2D eigenvalue weighted by molar-refractivity contribution is -0.148. The Kier molecular flexibility index (Phi) is 2.91. The van der Waals surface area contributed by atoms with Crippen molar-refractivity contribution >= 4 is 5.97 Å². The molecule has 3 N–H and O–H groups in total. The van der Waals surface area contributed by atoms with E-state index in [1.807, 2.05) is 0 Å². The molecule has 13 heavy (non-hydrogen) atoms. The van der Waals surface area contributed by atoms with Crippen LogP contribution < -0.4 is 5.73 Å². The Hall–Kier alpha value is -0.640. The van der Waals surface area contributed by atoms with Gasteiger partial charge in [0.15, 0.2) is 0 Å². The van der Waals surface area contributed by atoms with Gasteiger partial charge in [-0.25, -0.2) is 4.39 Å².